The number of sulfone groups is 1. The van der Waals surface area contributed by atoms with Crippen LogP contribution in [0.15, 0.2) is 0 Å². The maximum Gasteiger partial charge on any atom is 0.151 e. The molecule has 0 spiro atoms. The molecule has 0 rings (SSSR count). The highest BCUT2D eigenvalue weighted by Gasteiger charge is 2.25. The number of nitrogens with one attached hydrogen (secondary N) is 1. The number of alkyl halides is 2. The van der Waals surface area contributed by atoms with E-state index in [2.05, 4.69) is 5.32 Å². The molecule has 98 valence electrons. The standard InChI is InChI=1S/C10H21Cl2NO2S/c1-3-6-16(14,15)7-5-13-10(4-2,8-11)9-12/h13H,3-9H2,1-2H3. The van der Waals surface area contributed by atoms with E-state index in [0.717, 1.165) is 6.42 Å². The van der Waals surface area contributed by atoms with Crippen molar-refractivity contribution in [3.05, 3.63) is 0 Å². The lowest BCUT2D eigenvalue weighted by Gasteiger charge is -2.29. The van der Waals surface area contributed by atoms with E-state index in [1.807, 2.05) is 13.8 Å². The van der Waals surface area contributed by atoms with Crippen LogP contribution in [0.1, 0.15) is 26.7 Å². The van der Waals surface area contributed by atoms with Crippen LogP contribution in [-0.2, 0) is 9.84 Å². The summed E-state index contributed by atoms with van der Waals surface area (Å²) in [6, 6.07) is 0. The summed E-state index contributed by atoms with van der Waals surface area (Å²) < 4.78 is 23.0. The maximum atomic E-state index is 11.5. The third kappa shape index (κ3) is 5.71. The third-order valence-electron chi connectivity index (χ3n) is 2.62. The van der Waals surface area contributed by atoms with E-state index >= 15 is 0 Å². The fourth-order valence-corrected chi connectivity index (χ4v) is 3.42. The molecule has 0 aromatic carbocycles. The van der Waals surface area contributed by atoms with Crippen LogP contribution in [0, 0.1) is 0 Å². The van der Waals surface area contributed by atoms with Gasteiger partial charge in [-0.1, -0.05) is 13.8 Å². The summed E-state index contributed by atoms with van der Waals surface area (Å²) in [5, 5.41) is 3.15. The van der Waals surface area contributed by atoms with Gasteiger partial charge in [-0.2, -0.15) is 0 Å². The van der Waals surface area contributed by atoms with Gasteiger partial charge in [0.05, 0.1) is 5.75 Å². The average Bonchev–Trinajstić information content (AvgIpc) is 2.25. The van der Waals surface area contributed by atoms with E-state index in [0.29, 0.717) is 24.7 Å². The van der Waals surface area contributed by atoms with Gasteiger partial charge in [-0.25, -0.2) is 8.42 Å². The Balaban J connectivity index is 4.14. The predicted octanol–water partition coefficient (Wildman–Crippen LogP) is 2.03. The molecule has 3 nitrogen and oxygen atoms in total. The van der Waals surface area contributed by atoms with E-state index in [9.17, 15) is 8.42 Å². The van der Waals surface area contributed by atoms with Crippen molar-refractivity contribution in [2.45, 2.75) is 32.2 Å². The van der Waals surface area contributed by atoms with Crippen molar-refractivity contribution < 1.29 is 8.42 Å². The largest absolute Gasteiger partial charge is 0.308 e. The second kappa shape index (κ2) is 7.75. The molecule has 0 aliphatic heterocycles. The fourth-order valence-electron chi connectivity index (χ4n) is 1.33. The minimum Gasteiger partial charge on any atom is -0.308 e. The van der Waals surface area contributed by atoms with Gasteiger partial charge in [0.15, 0.2) is 9.84 Å². The zero-order chi connectivity index (χ0) is 12.7. The topological polar surface area (TPSA) is 46.2 Å². The summed E-state index contributed by atoms with van der Waals surface area (Å²) in [5.41, 5.74) is -0.342. The van der Waals surface area contributed by atoms with Crippen molar-refractivity contribution in [1.29, 1.82) is 0 Å². The van der Waals surface area contributed by atoms with Crippen LogP contribution in [-0.4, -0.2) is 43.8 Å². The molecule has 0 radical (unpaired) electrons. The molecule has 0 amide bonds. The summed E-state index contributed by atoms with van der Waals surface area (Å²) in [5.74, 6) is 1.17. The van der Waals surface area contributed by atoms with Gasteiger partial charge in [0, 0.05) is 29.6 Å². The van der Waals surface area contributed by atoms with Gasteiger partial charge in [0.25, 0.3) is 0 Å². The Labute approximate surface area is 109 Å². The van der Waals surface area contributed by atoms with Gasteiger partial charge in [0.2, 0.25) is 0 Å². The highest BCUT2D eigenvalue weighted by Crippen LogP contribution is 2.14. The summed E-state index contributed by atoms with van der Waals surface area (Å²) >= 11 is 11.7. The molecule has 0 aliphatic rings. The quantitative estimate of drug-likeness (QED) is 0.661. The van der Waals surface area contributed by atoms with E-state index in [1.165, 1.54) is 0 Å². The summed E-state index contributed by atoms with van der Waals surface area (Å²) in [7, 11) is -2.93. The molecular weight excluding hydrogens is 269 g/mol. The first-order chi connectivity index (χ1) is 7.45. The van der Waals surface area contributed by atoms with Crippen molar-refractivity contribution in [2.75, 3.05) is 29.8 Å². The highest BCUT2D eigenvalue weighted by molar-refractivity contribution is 7.91. The Morgan fingerprint density at radius 2 is 1.69 bits per heavy atom. The monoisotopic (exact) mass is 289 g/mol. The first kappa shape index (κ1) is 16.5. The second-order valence-electron chi connectivity index (χ2n) is 3.98. The first-order valence-electron chi connectivity index (χ1n) is 5.52. The van der Waals surface area contributed by atoms with Crippen LogP contribution < -0.4 is 5.32 Å². The van der Waals surface area contributed by atoms with Crippen LogP contribution >= 0.6 is 23.2 Å². The smallest absolute Gasteiger partial charge is 0.151 e. The van der Waals surface area contributed by atoms with Gasteiger partial charge in [-0.15, -0.1) is 23.2 Å². The molecule has 0 aromatic rings. The molecule has 6 heteroatoms. The van der Waals surface area contributed by atoms with Gasteiger partial charge in [-0.05, 0) is 12.8 Å². The first-order valence-corrected chi connectivity index (χ1v) is 8.41. The molecule has 0 atom stereocenters. The molecule has 16 heavy (non-hydrogen) atoms. The molecule has 0 fully saturated rings. The summed E-state index contributed by atoms with van der Waals surface area (Å²) in [6.45, 7) is 4.26. The van der Waals surface area contributed by atoms with Crippen molar-refractivity contribution in [1.82, 2.24) is 5.32 Å². The Bertz CT molecular complexity index is 268. The van der Waals surface area contributed by atoms with Crippen molar-refractivity contribution >= 4 is 33.0 Å². The van der Waals surface area contributed by atoms with E-state index in [-0.39, 0.29) is 17.0 Å². The molecular formula is C10H21Cl2NO2S. The zero-order valence-electron chi connectivity index (χ0n) is 9.93. The normalized spacial score (nSPS) is 13.0. The summed E-state index contributed by atoms with van der Waals surface area (Å²) in [6.07, 6.45) is 1.44. The molecule has 0 aromatic heterocycles. The Morgan fingerprint density at radius 1 is 1.12 bits per heavy atom. The van der Waals surface area contributed by atoms with Crippen molar-refractivity contribution in [2.24, 2.45) is 0 Å². The van der Waals surface area contributed by atoms with Gasteiger partial charge < -0.3 is 5.32 Å². The summed E-state index contributed by atoms with van der Waals surface area (Å²) in [4.78, 5) is 0. The predicted molar refractivity (Wildman–Crippen MR) is 71.4 cm³/mol. The lowest BCUT2D eigenvalue weighted by atomic mass is 10.0. The minimum absolute atomic E-state index is 0.149. The molecule has 0 aliphatic carbocycles. The number of rotatable bonds is 9. The van der Waals surface area contributed by atoms with Crippen LogP contribution in [0.25, 0.3) is 0 Å². The SMILES string of the molecule is CCCS(=O)(=O)CCNC(CC)(CCl)CCl. The highest BCUT2D eigenvalue weighted by atomic mass is 35.5. The van der Waals surface area contributed by atoms with Crippen LogP contribution in [0.5, 0.6) is 0 Å². The number of hydrogen-bond acceptors (Lipinski definition) is 3. The Hall–Kier alpha value is 0.490. The maximum absolute atomic E-state index is 11.5. The molecule has 0 unspecified atom stereocenters. The number of hydrogen-bond donors (Lipinski definition) is 1. The molecule has 0 bridgehead atoms. The average molecular weight is 290 g/mol. The van der Waals surface area contributed by atoms with Crippen molar-refractivity contribution in [3.8, 4) is 0 Å². The fraction of sp³-hybridized carbons (Fsp3) is 1.00. The Morgan fingerprint density at radius 3 is 2.06 bits per heavy atom. The molecule has 0 saturated carbocycles. The van der Waals surface area contributed by atoms with Gasteiger partial charge in [-0.3, -0.25) is 0 Å². The van der Waals surface area contributed by atoms with Crippen molar-refractivity contribution in [3.63, 3.8) is 0 Å². The zero-order valence-corrected chi connectivity index (χ0v) is 12.3. The van der Waals surface area contributed by atoms with Crippen LogP contribution in [0.2, 0.25) is 0 Å². The van der Waals surface area contributed by atoms with E-state index in [4.69, 9.17) is 23.2 Å². The van der Waals surface area contributed by atoms with Crippen LogP contribution in [0.4, 0.5) is 0 Å². The number of halogens is 2. The lowest BCUT2D eigenvalue weighted by Crippen LogP contribution is -2.50. The molecule has 1 N–H and O–H groups in total. The van der Waals surface area contributed by atoms with Gasteiger partial charge in [0.1, 0.15) is 0 Å². The third-order valence-corrected chi connectivity index (χ3v) is 5.50. The van der Waals surface area contributed by atoms with Gasteiger partial charge >= 0.3 is 0 Å². The lowest BCUT2D eigenvalue weighted by molar-refractivity contribution is 0.397. The van der Waals surface area contributed by atoms with E-state index < -0.39 is 9.84 Å². The van der Waals surface area contributed by atoms with Crippen LogP contribution in [0.3, 0.4) is 0 Å². The minimum atomic E-state index is -2.93. The molecule has 0 saturated heterocycles. The molecule has 0 heterocycles. The van der Waals surface area contributed by atoms with E-state index in [1.54, 1.807) is 0 Å². The Kier molecular flexibility index (Phi) is 7.98. The second-order valence-corrected chi connectivity index (χ2v) is 6.82.